The van der Waals surface area contributed by atoms with E-state index in [1.807, 2.05) is 19.9 Å². The van der Waals surface area contributed by atoms with Gasteiger partial charge < -0.3 is 25.4 Å². The summed E-state index contributed by atoms with van der Waals surface area (Å²) >= 11 is 0. The Balaban J connectivity index is 1.63. The molecule has 3 aromatic heterocycles. The van der Waals surface area contributed by atoms with Gasteiger partial charge in [-0.3, -0.25) is 9.97 Å². The van der Waals surface area contributed by atoms with Crippen LogP contribution in [0.1, 0.15) is 30.1 Å². The maximum Gasteiger partial charge on any atom is 0.433 e. The lowest BCUT2D eigenvalue weighted by atomic mass is 10.1. The van der Waals surface area contributed by atoms with Crippen LogP contribution in [0.3, 0.4) is 0 Å². The summed E-state index contributed by atoms with van der Waals surface area (Å²) in [6, 6.07) is 5.74. The molecule has 4 rings (SSSR count). The van der Waals surface area contributed by atoms with E-state index in [1.165, 1.54) is 12.3 Å². The fraction of sp³-hybridized carbons (Fsp3) is 0.391. The fourth-order valence-corrected chi connectivity index (χ4v) is 3.65. The predicted octanol–water partition coefficient (Wildman–Crippen LogP) is 3.63. The number of rotatable bonds is 7. The number of alkyl halides is 3. The van der Waals surface area contributed by atoms with Crippen LogP contribution in [0.25, 0.3) is 11.3 Å². The number of aliphatic hydroxyl groups excluding tert-OH is 1. The molecule has 1 aliphatic heterocycles. The first-order chi connectivity index (χ1) is 16.7. The van der Waals surface area contributed by atoms with Gasteiger partial charge in [0.2, 0.25) is 5.95 Å². The highest BCUT2D eigenvalue weighted by atomic mass is 19.4. The van der Waals surface area contributed by atoms with Gasteiger partial charge >= 0.3 is 6.18 Å². The van der Waals surface area contributed by atoms with E-state index in [9.17, 15) is 18.3 Å². The van der Waals surface area contributed by atoms with Gasteiger partial charge in [-0.05, 0) is 32.0 Å². The Kier molecular flexibility index (Phi) is 7.31. The average molecular weight is 490 g/mol. The number of aromatic nitrogens is 4. The third-order valence-electron chi connectivity index (χ3n) is 5.44. The van der Waals surface area contributed by atoms with Crippen molar-refractivity contribution in [1.29, 1.82) is 0 Å². The maximum absolute atomic E-state index is 13.0. The van der Waals surface area contributed by atoms with Gasteiger partial charge in [0.15, 0.2) is 6.23 Å². The van der Waals surface area contributed by atoms with Gasteiger partial charge in [-0.1, -0.05) is 0 Å². The number of halogens is 3. The van der Waals surface area contributed by atoms with Crippen molar-refractivity contribution in [2.75, 3.05) is 48.4 Å². The Morgan fingerprint density at radius 1 is 1.14 bits per heavy atom. The van der Waals surface area contributed by atoms with Crippen molar-refractivity contribution in [3.8, 4) is 11.3 Å². The highest BCUT2D eigenvalue weighted by molar-refractivity contribution is 5.70. The number of hydrogen-bond acceptors (Lipinski definition) is 9. The normalized spacial score (nSPS) is 15.1. The molecule has 0 aliphatic carbocycles. The number of nitrogens with one attached hydrogen (secondary N) is 2. The molecule has 0 bridgehead atoms. The summed E-state index contributed by atoms with van der Waals surface area (Å²) in [4.78, 5) is 19.1. The van der Waals surface area contributed by atoms with E-state index in [0.717, 1.165) is 18.1 Å². The molecule has 3 N–H and O–H groups in total. The summed E-state index contributed by atoms with van der Waals surface area (Å²) in [5.41, 5.74) is 1.39. The number of aryl methyl sites for hydroxylation is 1. The zero-order valence-electron chi connectivity index (χ0n) is 19.3. The number of aliphatic hydroxyl groups is 1. The summed E-state index contributed by atoms with van der Waals surface area (Å²) < 4.78 is 44.4. The van der Waals surface area contributed by atoms with Crippen LogP contribution in [-0.4, -0.2) is 57.9 Å². The van der Waals surface area contributed by atoms with Crippen molar-refractivity contribution >= 4 is 17.5 Å². The van der Waals surface area contributed by atoms with Gasteiger partial charge in [-0.15, -0.1) is 0 Å². The van der Waals surface area contributed by atoms with Crippen molar-refractivity contribution in [2.24, 2.45) is 0 Å². The molecule has 1 saturated heterocycles. The smallest absolute Gasteiger partial charge is 0.378 e. The zero-order valence-corrected chi connectivity index (χ0v) is 19.3. The number of anilines is 3. The van der Waals surface area contributed by atoms with E-state index in [0.29, 0.717) is 61.4 Å². The van der Waals surface area contributed by atoms with E-state index in [-0.39, 0.29) is 5.56 Å². The lowest BCUT2D eigenvalue weighted by Gasteiger charge is -2.28. The first-order valence-electron chi connectivity index (χ1n) is 11.1. The van der Waals surface area contributed by atoms with Gasteiger partial charge in [-0.25, -0.2) is 4.98 Å². The van der Waals surface area contributed by atoms with E-state index < -0.39 is 18.1 Å². The summed E-state index contributed by atoms with van der Waals surface area (Å²) in [5.74, 6) is 1.23. The lowest BCUT2D eigenvalue weighted by Crippen LogP contribution is -2.37. The summed E-state index contributed by atoms with van der Waals surface area (Å²) in [5, 5.41) is 16.5. The molecule has 4 heterocycles. The molecule has 1 unspecified atom stereocenters. The van der Waals surface area contributed by atoms with Crippen LogP contribution in [0.4, 0.5) is 30.6 Å². The number of pyridine rings is 2. The topological polar surface area (TPSA) is 108 Å². The zero-order chi connectivity index (χ0) is 25.0. The molecule has 1 fully saturated rings. The first-order valence-corrected chi connectivity index (χ1v) is 11.1. The highest BCUT2D eigenvalue weighted by Crippen LogP contribution is 2.31. The number of nitrogens with zero attached hydrogens (tertiary/aromatic N) is 5. The fourth-order valence-electron chi connectivity index (χ4n) is 3.65. The molecule has 1 aliphatic rings. The molecule has 0 aromatic carbocycles. The minimum absolute atomic E-state index is 0.0283. The van der Waals surface area contributed by atoms with E-state index in [4.69, 9.17) is 4.74 Å². The highest BCUT2D eigenvalue weighted by Gasteiger charge is 2.33. The number of ether oxygens (including phenoxy) is 1. The van der Waals surface area contributed by atoms with E-state index >= 15 is 0 Å². The van der Waals surface area contributed by atoms with Gasteiger partial charge in [0.1, 0.15) is 11.5 Å². The molecule has 12 heteroatoms. The van der Waals surface area contributed by atoms with Gasteiger partial charge in [-0.2, -0.15) is 18.2 Å². The van der Waals surface area contributed by atoms with Crippen LogP contribution < -0.4 is 15.5 Å². The molecule has 0 spiro atoms. The third-order valence-corrected chi connectivity index (χ3v) is 5.44. The Morgan fingerprint density at radius 2 is 1.91 bits per heavy atom. The molecule has 186 valence electrons. The molecular formula is C23H26F3N7O2. The molecule has 0 radical (unpaired) electrons. The van der Waals surface area contributed by atoms with Gasteiger partial charge in [0.05, 0.1) is 30.8 Å². The summed E-state index contributed by atoms with van der Waals surface area (Å²) in [7, 11) is 0. The second kappa shape index (κ2) is 10.4. The molecule has 0 saturated carbocycles. The van der Waals surface area contributed by atoms with Crippen molar-refractivity contribution in [1.82, 2.24) is 19.9 Å². The number of hydrogen-bond donors (Lipinski definition) is 3. The van der Waals surface area contributed by atoms with Gasteiger partial charge in [0, 0.05) is 48.7 Å². The quantitative estimate of drug-likeness (QED) is 0.429. The monoisotopic (exact) mass is 489 g/mol. The maximum atomic E-state index is 13.0. The SMILES string of the molecule is CCNc1nc(-c2cc(NC(O)c3ccnc(C(F)(F)F)c3)cnc2C)cc(N2CCOCC2)n1. The minimum atomic E-state index is -4.61. The van der Waals surface area contributed by atoms with Crippen LogP contribution in [0.15, 0.2) is 36.7 Å². The largest absolute Gasteiger partial charge is 0.433 e. The molecule has 9 nitrogen and oxygen atoms in total. The van der Waals surface area contributed by atoms with Crippen LogP contribution in [-0.2, 0) is 10.9 Å². The average Bonchev–Trinajstić information content (AvgIpc) is 2.85. The van der Waals surface area contributed by atoms with Crippen LogP contribution >= 0.6 is 0 Å². The van der Waals surface area contributed by atoms with Crippen molar-refractivity contribution < 1.29 is 23.0 Å². The lowest BCUT2D eigenvalue weighted by molar-refractivity contribution is -0.141. The molecule has 35 heavy (non-hydrogen) atoms. The molecular weight excluding hydrogens is 463 g/mol. The van der Waals surface area contributed by atoms with Crippen LogP contribution in [0.2, 0.25) is 0 Å². The number of morpholine rings is 1. The van der Waals surface area contributed by atoms with Crippen molar-refractivity contribution in [3.05, 3.63) is 53.6 Å². The molecule has 1 atom stereocenters. The third kappa shape index (κ3) is 5.95. The van der Waals surface area contributed by atoms with E-state index in [1.54, 1.807) is 6.07 Å². The molecule has 3 aromatic rings. The Bertz CT molecular complexity index is 1170. The Hall–Kier alpha value is -3.51. The summed E-state index contributed by atoms with van der Waals surface area (Å²) in [6.45, 7) is 7.06. The predicted molar refractivity (Wildman–Crippen MR) is 125 cm³/mol. The molecule has 0 amide bonds. The van der Waals surface area contributed by atoms with Crippen molar-refractivity contribution in [2.45, 2.75) is 26.3 Å². The second-order valence-electron chi connectivity index (χ2n) is 7.94. The van der Waals surface area contributed by atoms with Gasteiger partial charge in [0.25, 0.3) is 0 Å². The van der Waals surface area contributed by atoms with Crippen molar-refractivity contribution in [3.63, 3.8) is 0 Å². The van der Waals surface area contributed by atoms with Crippen LogP contribution in [0, 0.1) is 6.92 Å². The Labute approximate surface area is 200 Å². The van der Waals surface area contributed by atoms with E-state index in [2.05, 4.69) is 35.5 Å². The summed E-state index contributed by atoms with van der Waals surface area (Å²) in [6.07, 6.45) is -3.49. The minimum Gasteiger partial charge on any atom is -0.378 e. The van der Waals surface area contributed by atoms with Crippen LogP contribution in [0.5, 0.6) is 0 Å². The Morgan fingerprint density at radius 3 is 2.63 bits per heavy atom. The first kappa shape index (κ1) is 24.6. The second-order valence-corrected chi connectivity index (χ2v) is 7.94. The standard InChI is InChI=1S/C23H26F3N7O2/c1-3-27-22-31-18(12-20(32-22)33-6-8-35-9-7-33)17-11-16(13-29-14(17)2)30-21(34)15-4-5-28-19(10-15)23(24,25)26/h4-5,10-13,21,30,34H,3,6-9H2,1-2H3,(H,27,31,32).